The molecule has 4 nitrogen and oxygen atoms in total. The minimum absolute atomic E-state index is 0.0955. The molecule has 0 saturated heterocycles. The minimum atomic E-state index is -0.572. The molecule has 0 aliphatic carbocycles. The van der Waals surface area contributed by atoms with Crippen LogP contribution in [0.25, 0.3) is 0 Å². The number of halogens is 2. The number of nitrogens with one attached hydrogen (secondary N) is 2. The van der Waals surface area contributed by atoms with Gasteiger partial charge >= 0.3 is 0 Å². The van der Waals surface area contributed by atoms with E-state index in [1.165, 1.54) is 12.1 Å². The lowest BCUT2D eigenvalue weighted by molar-refractivity contribution is -0.123. The average Bonchev–Trinajstić information content (AvgIpc) is 2.45. The summed E-state index contributed by atoms with van der Waals surface area (Å²) >= 11 is 5.62. The second kappa shape index (κ2) is 7.04. The van der Waals surface area contributed by atoms with Crippen molar-refractivity contribution in [1.29, 1.82) is 0 Å². The van der Waals surface area contributed by atoms with Crippen LogP contribution in [-0.4, -0.2) is 11.8 Å². The third-order valence-electron chi connectivity index (χ3n) is 2.86. The predicted molar refractivity (Wildman–Crippen MR) is 84.5 cm³/mol. The fourth-order valence-corrected chi connectivity index (χ4v) is 1.95. The Balaban J connectivity index is 1.89. The van der Waals surface area contributed by atoms with Crippen molar-refractivity contribution in [1.82, 2.24) is 0 Å². The van der Waals surface area contributed by atoms with Gasteiger partial charge in [0.05, 0.1) is 5.02 Å². The van der Waals surface area contributed by atoms with E-state index in [2.05, 4.69) is 10.6 Å². The number of rotatable bonds is 4. The van der Waals surface area contributed by atoms with Gasteiger partial charge in [-0.1, -0.05) is 29.3 Å². The fourth-order valence-electron chi connectivity index (χ4n) is 1.77. The Kier molecular flexibility index (Phi) is 5.12. The Morgan fingerprint density at radius 1 is 1.00 bits per heavy atom. The van der Waals surface area contributed by atoms with Crippen LogP contribution in [0.15, 0.2) is 42.5 Å². The van der Waals surface area contributed by atoms with Crippen LogP contribution in [0.3, 0.4) is 0 Å². The Morgan fingerprint density at radius 3 is 2.14 bits per heavy atom. The summed E-state index contributed by atoms with van der Waals surface area (Å²) < 4.78 is 13.0. The molecule has 0 aliphatic heterocycles. The smallest absolute Gasteiger partial charge is 0.233 e. The van der Waals surface area contributed by atoms with Crippen molar-refractivity contribution in [3.8, 4) is 0 Å². The standard InChI is InChI=1S/C16H14ClFN2O2/c1-10-2-4-11(5-3-10)19-15(21)9-16(22)20-12-6-7-14(18)13(17)8-12/h2-8H,9H2,1H3,(H,19,21)(H,20,22). The molecule has 6 heteroatoms. The first-order chi connectivity index (χ1) is 10.4. The Hall–Kier alpha value is -2.40. The van der Waals surface area contributed by atoms with Crippen LogP contribution in [-0.2, 0) is 9.59 Å². The first-order valence-corrected chi connectivity index (χ1v) is 6.93. The van der Waals surface area contributed by atoms with Crippen molar-refractivity contribution in [3.05, 3.63) is 58.9 Å². The van der Waals surface area contributed by atoms with E-state index in [4.69, 9.17) is 11.6 Å². The molecule has 0 aromatic heterocycles. The second-order valence-corrected chi connectivity index (χ2v) is 5.18. The first-order valence-electron chi connectivity index (χ1n) is 6.55. The topological polar surface area (TPSA) is 58.2 Å². The zero-order valence-corrected chi connectivity index (χ0v) is 12.6. The summed E-state index contributed by atoms with van der Waals surface area (Å²) in [5.41, 5.74) is 2.02. The maximum absolute atomic E-state index is 13.0. The van der Waals surface area contributed by atoms with Crippen molar-refractivity contribution < 1.29 is 14.0 Å². The quantitative estimate of drug-likeness (QED) is 0.843. The van der Waals surface area contributed by atoms with Gasteiger partial charge in [0, 0.05) is 11.4 Å². The largest absolute Gasteiger partial charge is 0.326 e. The highest BCUT2D eigenvalue weighted by molar-refractivity contribution is 6.31. The van der Waals surface area contributed by atoms with Crippen molar-refractivity contribution in [2.24, 2.45) is 0 Å². The third-order valence-corrected chi connectivity index (χ3v) is 3.15. The lowest BCUT2D eigenvalue weighted by Gasteiger charge is -2.07. The summed E-state index contributed by atoms with van der Waals surface area (Å²) in [6, 6.07) is 11.0. The van der Waals surface area contributed by atoms with Gasteiger partial charge in [-0.05, 0) is 37.3 Å². The maximum Gasteiger partial charge on any atom is 0.233 e. The second-order valence-electron chi connectivity index (χ2n) is 4.77. The normalized spacial score (nSPS) is 10.1. The van der Waals surface area contributed by atoms with E-state index in [0.717, 1.165) is 11.6 Å². The highest BCUT2D eigenvalue weighted by Crippen LogP contribution is 2.19. The number of anilines is 2. The number of carbonyl (C=O) groups is 2. The summed E-state index contributed by atoms with van der Waals surface area (Å²) in [7, 11) is 0. The minimum Gasteiger partial charge on any atom is -0.326 e. The molecule has 0 spiro atoms. The molecule has 0 radical (unpaired) electrons. The van der Waals surface area contributed by atoms with Crippen molar-refractivity contribution in [2.75, 3.05) is 10.6 Å². The molecule has 22 heavy (non-hydrogen) atoms. The summed E-state index contributed by atoms with van der Waals surface area (Å²) in [6.07, 6.45) is -0.344. The molecule has 0 saturated carbocycles. The molecule has 0 fully saturated rings. The van der Waals surface area contributed by atoms with Crippen LogP contribution in [0.1, 0.15) is 12.0 Å². The predicted octanol–water partition coefficient (Wildman–Crippen LogP) is 3.75. The number of aryl methyl sites for hydroxylation is 1. The van der Waals surface area contributed by atoms with Gasteiger partial charge in [0.15, 0.2) is 0 Å². The number of benzene rings is 2. The van der Waals surface area contributed by atoms with E-state index >= 15 is 0 Å². The van der Waals surface area contributed by atoms with E-state index in [0.29, 0.717) is 11.4 Å². The molecule has 2 aromatic carbocycles. The van der Waals surface area contributed by atoms with Crippen LogP contribution in [0, 0.1) is 12.7 Å². The summed E-state index contributed by atoms with van der Waals surface area (Å²) in [5.74, 6) is -1.52. The van der Waals surface area contributed by atoms with Crippen LogP contribution in [0.5, 0.6) is 0 Å². The van der Waals surface area contributed by atoms with Gasteiger partial charge < -0.3 is 10.6 Å². The molecule has 0 heterocycles. The van der Waals surface area contributed by atoms with Crippen LogP contribution in [0.4, 0.5) is 15.8 Å². The Bertz CT molecular complexity index is 702. The Morgan fingerprint density at radius 2 is 1.55 bits per heavy atom. The zero-order chi connectivity index (χ0) is 16.1. The van der Waals surface area contributed by atoms with E-state index < -0.39 is 17.6 Å². The molecular formula is C16H14ClFN2O2. The Labute approximate surface area is 132 Å². The van der Waals surface area contributed by atoms with Crippen LogP contribution < -0.4 is 10.6 Å². The van der Waals surface area contributed by atoms with Gasteiger partial charge in [0.25, 0.3) is 0 Å². The van der Waals surface area contributed by atoms with Gasteiger partial charge in [-0.2, -0.15) is 0 Å². The average molecular weight is 321 g/mol. The third kappa shape index (κ3) is 4.56. The molecule has 0 unspecified atom stereocenters. The van der Waals surface area contributed by atoms with Crippen LogP contribution in [0.2, 0.25) is 5.02 Å². The van der Waals surface area contributed by atoms with Crippen LogP contribution >= 0.6 is 11.6 Å². The van der Waals surface area contributed by atoms with Gasteiger partial charge in [0.1, 0.15) is 12.2 Å². The van der Waals surface area contributed by atoms with E-state index in [1.54, 1.807) is 12.1 Å². The molecular weight excluding hydrogens is 307 g/mol. The molecule has 0 aliphatic rings. The lowest BCUT2D eigenvalue weighted by Crippen LogP contribution is -2.21. The monoisotopic (exact) mass is 320 g/mol. The summed E-state index contributed by atoms with van der Waals surface area (Å²) in [4.78, 5) is 23.5. The zero-order valence-electron chi connectivity index (χ0n) is 11.8. The van der Waals surface area contributed by atoms with Gasteiger partial charge in [-0.3, -0.25) is 9.59 Å². The first kappa shape index (κ1) is 16.0. The highest BCUT2D eigenvalue weighted by atomic mass is 35.5. The van der Waals surface area contributed by atoms with Crippen molar-refractivity contribution in [3.63, 3.8) is 0 Å². The molecule has 2 amide bonds. The maximum atomic E-state index is 13.0. The molecule has 2 rings (SSSR count). The highest BCUT2D eigenvalue weighted by Gasteiger charge is 2.11. The SMILES string of the molecule is Cc1ccc(NC(=O)CC(=O)Nc2ccc(F)c(Cl)c2)cc1. The number of carbonyl (C=O) groups excluding carboxylic acids is 2. The van der Waals surface area contributed by atoms with Gasteiger partial charge in [-0.25, -0.2) is 4.39 Å². The molecule has 114 valence electrons. The lowest BCUT2D eigenvalue weighted by atomic mass is 10.2. The van der Waals surface area contributed by atoms with Crippen molar-refractivity contribution >= 4 is 34.8 Å². The van der Waals surface area contributed by atoms with E-state index in [-0.39, 0.29) is 11.4 Å². The molecule has 2 aromatic rings. The molecule has 0 atom stereocenters. The summed E-state index contributed by atoms with van der Waals surface area (Å²) in [6.45, 7) is 1.94. The number of hydrogen-bond donors (Lipinski definition) is 2. The van der Waals surface area contributed by atoms with E-state index in [9.17, 15) is 14.0 Å². The molecule has 2 N–H and O–H groups in total. The van der Waals surface area contributed by atoms with Gasteiger partial charge in [0.2, 0.25) is 11.8 Å². The van der Waals surface area contributed by atoms with E-state index in [1.807, 2.05) is 19.1 Å². The number of amides is 2. The fraction of sp³-hybridized carbons (Fsp3) is 0.125. The van der Waals surface area contributed by atoms with Gasteiger partial charge in [-0.15, -0.1) is 0 Å². The summed E-state index contributed by atoms with van der Waals surface area (Å²) in [5, 5.41) is 5.01. The molecule has 0 bridgehead atoms. The van der Waals surface area contributed by atoms with Crippen molar-refractivity contribution in [2.45, 2.75) is 13.3 Å². The number of hydrogen-bond acceptors (Lipinski definition) is 2.